The lowest BCUT2D eigenvalue weighted by atomic mass is 10.2. The number of hydrogen-bond donors (Lipinski definition) is 1. The number of nitrogens with one attached hydrogen (secondary N) is 1. The normalized spacial score (nSPS) is 11.0. The fourth-order valence-corrected chi connectivity index (χ4v) is 1.16. The van der Waals surface area contributed by atoms with Gasteiger partial charge in [0.05, 0.1) is 0 Å². The molecular formula is C12H15ClN2O. The van der Waals surface area contributed by atoms with Gasteiger partial charge in [-0.15, -0.1) is 0 Å². The summed E-state index contributed by atoms with van der Waals surface area (Å²) in [5.74, 6) is 0.313. The van der Waals surface area contributed by atoms with Crippen molar-refractivity contribution < 1.29 is 4.79 Å². The van der Waals surface area contributed by atoms with Gasteiger partial charge in [0.15, 0.2) is 0 Å². The molecule has 0 aromatic heterocycles. The number of rotatable bonds is 4. The van der Waals surface area contributed by atoms with Crippen LogP contribution < -0.4 is 5.43 Å². The monoisotopic (exact) mass is 238 g/mol. The molecule has 0 aliphatic carbocycles. The third-order valence-corrected chi connectivity index (χ3v) is 2.19. The quantitative estimate of drug-likeness (QED) is 0.636. The number of amides is 1. The summed E-state index contributed by atoms with van der Waals surface area (Å²) in [5.41, 5.74) is 3.01. The van der Waals surface area contributed by atoms with E-state index in [0.717, 1.165) is 6.42 Å². The van der Waals surface area contributed by atoms with Gasteiger partial charge in [0.1, 0.15) is 0 Å². The van der Waals surface area contributed by atoms with E-state index in [2.05, 4.69) is 24.4 Å². The standard InChI is InChI=1S/C12H15ClN2O/c1-9(2)7-8-14-15-12(16)10-3-5-11(13)6-4-10/h3-6,8-9H,7H2,1-2H3,(H,15,16)/b14-8-. The highest BCUT2D eigenvalue weighted by Crippen LogP contribution is 2.09. The zero-order chi connectivity index (χ0) is 12.0. The second kappa shape index (κ2) is 6.28. The Kier molecular flexibility index (Phi) is 4.99. The minimum absolute atomic E-state index is 0.225. The maximum Gasteiger partial charge on any atom is 0.271 e. The minimum atomic E-state index is -0.225. The lowest BCUT2D eigenvalue weighted by Gasteiger charge is -2.00. The van der Waals surface area contributed by atoms with Gasteiger partial charge >= 0.3 is 0 Å². The summed E-state index contributed by atoms with van der Waals surface area (Å²) in [6.07, 6.45) is 2.55. The highest BCUT2D eigenvalue weighted by Gasteiger charge is 2.02. The van der Waals surface area contributed by atoms with Crippen molar-refractivity contribution in [3.63, 3.8) is 0 Å². The molecule has 0 heterocycles. The van der Waals surface area contributed by atoms with Crippen LogP contribution in [0.25, 0.3) is 0 Å². The Balaban J connectivity index is 2.47. The first-order chi connectivity index (χ1) is 7.59. The first-order valence-corrected chi connectivity index (χ1v) is 5.55. The van der Waals surface area contributed by atoms with Gasteiger partial charge in [0.25, 0.3) is 5.91 Å². The third kappa shape index (κ3) is 4.45. The van der Waals surface area contributed by atoms with E-state index in [9.17, 15) is 4.79 Å². The van der Waals surface area contributed by atoms with Gasteiger partial charge < -0.3 is 0 Å². The number of halogens is 1. The highest BCUT2D eigenvalue weighted by molar-refractivity contribution is 6.30. The third-order valence-electron chi connectivity index (χ3n) is 1.94. The topological polar surface area (TPSA) is 41.5 Å². The molecule has 0 aliphatic heterocycles. The van der Waals surface area contributed by atoms with Crippen molar-refractivity contribution >= 4 is 23.7 Å². The summed E-state index contributed by atoms with van der Waals surface area (Å²) >= 11 is 5.72. The van der Waals surface area contributed by atoms with Crippen molar-refractivity contribution in [1.82, 2.24) is 5.43 Å². The highest BCUT2D eigenvalue weighted by atomic mass is 35.5. The second-order valence-electron chi connectivity index (χ2n) is 3.89. The van der Waals surface area contributed by atoms with Gasteiger partial charge in [-0.1, -0.05) is 25.4 Å². The lowest BCUT2D eigenvalue weighted by Crippen LogP contribution is -2.17. The molecule has 1 aromatic rings. The molecule has 1 aromatic carbocycles. The van der Waals surface area contributed by atoms with Crippen LogP contribution in [0.4, 0.5) is 0 Å². The molecule has 1 N–H and O–H groups in total. The smallest absolute Gasteiger partial charge is 0.267 e. The molecule has 0 radical (unpaired) electrons. The summed E-state index contributed by atoms with van der Waals surface area (Å²) in [6, 6.07) is 6.67. The van der Waals surface area contributed by atoms with E-state index >= 15 is 0 Å². The average Bonchev–Trinajstić information content (AvgIpc) is 2.25. The Morgan fingerprint density at radius 2 is 2.06 bits per heavy atom. The predicted octanol–water partition coefficient (Wildman–Crippen LogP) is 3.10. The van der Waals surface area contributed by atoms with Crippen molar-refractivity contribution in [2.75, 3.05) is 0 Å². The molecule has 86 valence electrons. The molecule has 1 amide bonds. The maximum atomic E-state index is 11.5. The Morgan fingerprint density at radius 1 is 1.44 bits per heavy atom. The Labute approximate surface area is 101 Å². The maximum absolute atomic E-state index is 11.5. The van der Waals surface area contributed by atoms with Crippen LogP contribution >= 0.6 is 11.6 Å². The molecular weight excluding hydrogens is 224 g/mol. The van der Waals surface area contributed by atoms with Gasteiger partial charge in [-0.05, 0) is 36.6 Å². The molecule has 1 rings (SSSR count). The number of carbonyl (C=O) groups excluding carboxylic acids is 1. The molecule has 3 nitrogen and oxygen atoms in total. The SMILES string of the molecule is CC(C)C/C=N\NC(=O)c1ccc(Cl)cc1. The van der Waals surface area contributed by atoms with Gasteiger partial charge in [-0.2, -0.15) is 5.10 Å². The fraction of sp³-hybridized carbons (Fsp3) is 0.333. The molecule has 16 heavy (non-hydrogen) atoms. The van der Waals surface area contributed by atoms with Crippen LogP contribution in [-0.2, 0) is 0 Å². The Morgan fingerprint density at radius 3 is 2.62 bits per heavy atom. The predicted molar refractivity (Wildman–Crippen MR) is 66.9 cm³/mol. The average molecular weight is 239 g/mol. The van der Waals surface area contributed by atoms with Crippen LogP contribution in [0.15, 0.2) is 29.4 Å². The van der Waals surface area contributed by atoms with E-state index in [0.29, 0.717) is 16.5 Å². The first-order valence-electron chi connectivity index (χ1n) is 5.17. The molecule has 0 bridgehead atoms. The van der Waals surface area contributed by atoms with Crippen LogP contribution in [0.2, 0.25) is 5.02 Å². The summed E-state index contributed by atoms with van der Waals surface area (Å²) in [7, 11) is 0. The number of hydrazone groups is 1. The second-order valence-corrected chi connectivity index (χ2v) is 4.33. The zero-order valence-electron chi connectivity index (χ0n) is 9.40. The van der Waals surface area contributed by atoms with Gasteiger partial charge in [0.2, 0.25) is 0 Å². The molecule has 0 aliphatic rings. The van der Waals surface area contributed by atoms with E-state index in [1.165, 1.54) is 0 Å². The Bertz CT molecular complexity index is 371. The molecule has 0 unspecified atom stereocenters. The molecule has 4 heteroatoms. The van der Waals surface area contributed by atoms with Crippen LogP contribution in [0.3, 0.4) is 0 Å². The molecule has 0 spiro atoms. The molecule has 0 fully saturated rings. The van der Waals surface area contributed by atoms with Crippen molar-refractivity contribution in [1.29, 1.82) is 0 Å². The lowest BCUT2D eigenvalue weighted by molar-refractivity contribution is 0.0955. The van der Waals surface area contributed by atoms with Gasteiger partial charge in [-0.25, -0.2) is 5.43 Å². The van der Waals surface area contributed by atoms with Crippen molar-refractivity contribution in [3.8, 4) is 0 Å². The van der Waals surface area contributed by atoms with Crippen molar-refractivity contribution in [2.45, 2.75) is 20.3 Å². The van der Waals surface area contributed by atoms with E-state index in [1.807, 2.05) is 0 Å². The van der Waals surface area contributed by atoms with E-state index in [-0.39, 0.29) is 5.91 Å². The summed E-state index contributed by atoms with van der Waals surface area (Å²) in [5, 5.41) is 4.46. The number of nitrogens with zero attached hydrogens (tertiary/aromatic N) is 1. The van der Waals surface area contributed by atoms with Gasteiger partial charge in [0, 0.05) is 16.8 Å². The van der Waals surface area contributed by atoms with Crippen LogP contribution in [0.1, 0.15) is 30.6 Å². The first kappa shape index (κ1) is 12.7. The number of benzene rings is 1. The number of carbonyl (C=O) groups is 1. The van der Waals surface area contributed by atoms with Crippen LogP contribution in [0.5, 0.6) is 0 Å². The van der Waals surface area contributed by atoms with E-state index in [4.69, 9.17) is 11.6 Å². The summed E-state index contributed by atoms with van der Waals surface area (Å²) < 4.78 is 0. The number of hydrogen-bond acceptors (Lipinski definition) is 2. The fourth-order valence-electron chi connectivity index (χ4n) is 1.03. The Hall–Kier alpha value is -1.35. The molecule has 0 saturated carbocycles. The summed E-state index contributed by atoms with van der Waals surface area (Å²) in [4.78, 5) is 11.5. The van der Waals surface area contributed by atoms with E-state index in [1.54, 1.807) is 30.5 Å². The molecule has 0 saturated heterocycles. The molecule has 0 atom stereocenters. The van der Waals surface area contributed by atoms with Gasteiger partial charge in [-0.3, -0.25) is 4.79 Å². The van der Waals surface area contributed by atoms with Crippen LogP contribution in [-0.4, -0.2) is 12.1 Å². The van der Waals surface area contributed by atoms with Crippen LogP contribution in [0, 0.1) is 5.92 Å². The van der Waals surface area contributed by atoms with Crippen molar-refractivity contribution in [2.24, 2.45) is 11.0 Å². The largest absolute Gasteiger partial charge is 0.271 e. The van der Waals surface area contributed by atoms with Crippen molar-refractivity contribution in [3.05, 3.63) is 34.9 Å². The minimum Gasteiger partial charge on any atom is -0.267 e. The zero-order valence-corrected chi connectivity index (χ0v) is 10.2. The summed E-state index contributed by atoms with van der Waals surface area (Å²) in [6.45, 7) is 4.18. The van der Waals surface area contributed by atoms with E-state index < -0.39 is 0 Å².